The van der Waals surface area contributed by atoms with Crippen LogP contribution in [-0.2, 0) is 14.3 Å². The lowest BCUT2D eigenvalue weighted by Crippen LogP contribution is -2.20. The summed E-state index contributed by atoms with van der Waals surface area (Å²) in [5.41, 5.74) is 1.21. The van der Waals surface area contributed by atoms with Crippen LogP contribution < -0.4 is 5.32 Å². The van der Waals surface area contributed by atoms with Crippen molar-refractivity contribution in [3.05, 3.63) is 30.6 Å². The molecule has 0 aliphatic heterocycles. The minimum atomic E-state index is -1.13. The fourth-order valence-electron chi connectivity index (χ4n) is 1.43. The molecule has 104 valence electrons. The summed E-state index contributed by atoms with van der Waals surface area (Å²) in [6.07, 6.45) is 1.43. The number of tetrazole rings is 1. The molecule has 9 nitrogen and oxygen atoms in total. The Morgan fingerprint density at radius 2 is 2.20 bits per heavy atom. The summed E-state index contributed by atoms with van der Waals surface area (Å²) in [4.78, 5) is 21.8. The average molecular weight is 277 g/mol. The van der Waals surface area contributed by atoms with Crippen LogP contribution in [0.4, 0.5) is 5.69 Å². The summed E-state index contributed by atoms with van der Waals surface area (Å²) in [6, 6.07) is 6.85. The van der Waals surface area contributed by atoms with E-state index in [1.165, 1.54) is 11.0 Å². The SMILES string of the molecule is O=C(O)COCC(=O)Nc1cccc(-n2cnnn2)c1. The zero-order valence-electron chi connectivity index (χ0n) is 10.3. The van der Waals surface area contributed by atoms with Crippen molar-refractivity contribution in [3.8, 4) is 5.69 Å². The Labute approximate surface area is 113 Å². The number of ether oxygens (including phenoxy) is 1. The molecule has 2 N–H and O–H groups in total. The molecular weight excluding hydrogens is 266 g/mol. The van der Waals surface area contributed by atoms with Gasteiger partial charge in [-0.3, -0.25) is 4.79 Å². The zero-order chi connectivity index (χ0) is 14.4. The van der Waals surface area contributed by atoms with Gasteiger partial charge in [0.05, 0.1) is 5.69 Å². The van der Waals surface area contributed by atoms with Crippen LogP contribution in [0.15, 0.2) is 30.6 Å². The standard InChI is InChI=1S/C11H11N5O4/c17-10(5-20-6-11(18)19)13-8-2-1-3-9(4-8)16-7-12-14-15-16/h1-4,7H,5-6H2,(H,13,17)(H,18,19). The van der Waals surface area contributed by atoms with Gasteiger partial charge in [-0.05, 0) is 28.6 Å². The number of benzene rings is 1. The monoisotopic (exact) mass is 277 g/mol. The second kappa shape index (κ2) is 6.38. The first kappa shape index (κ1) is 13.6. The van der Waals surface area contributed by atoms with E-state index in [-0.39, 0.29) is 6.61 Å². The van der Waals surface area contributed by atoms with Crippen LogP contribution in [0.25, 0.3) is 5.69 Å². The number of carboxylic acid groups (broad SMARTS) is 1. The van der Waals surface area contributed by atoms with Crippen molar-refractivity contribution in [1.82, 2.24) is 20.2 Å². The summed E-state index contributed by atoms with van der Waals surface area (Å²) in [7, 11) is 0. The van der Waals surface area contributed by atoms with Gasteiger partial charge in [-0.1, -0.05) is 6.07 Å². The predicted octanol–water partition coefficient (Wildman–Crippen LogP) is -0.298. The van der Waals surface area contributed by atoms with E-state index < -0.39 is 18.5 Å². The van der Waals surface area contributed by atoms with Crippen LogP contribution in [0, 0.1) is 0 Å². The van der Waals surface area contributed by atoms with Crippen molar-refractivity contribution >= 4 is 17.6 Å². The van der Waals surface area contributed by atoms with Gasteiger partial charge in [0.2, 0.25) is 5.91 Å². The Balaban J connectivity index is 1.94. The largest absolute Gasteiger partial charge is 0.480 e. The number of hydrogen-bond acceptors (Lipinski definition) is 6. The number of carbonyl (C=O) groups excluding carboxylic acids is 1. The van der Waals surface area contributed by atoms with Crippen LogP contribution >= 0.6 is 0 Å². The van der Waals surface area contributed by atoms with E-state index in [0.29, 0.717) is 11.4 Å². The van der Waals surface area contributed by atoms with Crippen molar-refractivity contribution in [2.75, 3.05) is 18.5 Å². The van der Waals surface area contributed by atoms with E-state index in [1.54, 1.807) is 24.3 Å². The van der Waals surface area contributed by atoms with Crippen molar-refractivity contribution in [2.24, 2.45) is 0 Å². The molecule has 1 heterocycles. The van der Waals surface area contributed by atoms with Gasteiger partial charge >= 0.3 is 5.97 Å². The molecule has 0 unspecified atom stereocenters. The lowest BCUT2D eigenvalue weighted by atomic mass is 10.3. The number of aliphatic carboxylic acids is 1. The van der Waals surface area contributed by atoms with Crippen LogP contribution in [0.5, 0.6) is 0 Å². The molecule has 0 fully saturated rings. The van der Waals surface area contributed by atoms with Crippen molar-refractivity contribution in [2.45, 2.75) is 0 Å². The quantitative estimate of drug-likeness (QED) is 0.744. The first-order valence-electron chi connectivity index (χ1n) is 5.58. The molecule has 0 radical (unpaired) electrons. The highest BCUT2D eigenvalue weighted by molar-refractivity contribution is 5.92. The Morgan fingerprint density at radius 1 is 1.35 bits per heavy atom. The number of nitrogens with zero attached hydrogens (tertiary/aromatic N) is 4. The van der Waals surface area contributed by atoms with Crippen LogP contribution in [0.2, 0.25) is 0 Å². The lowest BCUT2D eigenvalue weighted by Gasteiger charge is -2.07. The molecule has 20 heavy (non-hydrogen) atoms. The Hall–Kier alpha value is -2.81. The number of nitrogens with one attached hydrogen (secondary N) is 1. The molecule has 1 amide bonds. The van der Waals surface area contributed by atoms with Gasteiger partial charge in [0, 0.05) is 5.69 Å². The van der Waals surface area contributed by atoms with E-state index in [4.69, 9.17) is 5.11 Å². The number of carboxylic acids is 1. The minimum Gasteiger partial charge on any atom is -0.480 e. The number of carbonyl (C=O) groups is 2. The molecule has 0 saturated carbocycles. The Morgan fingerprint density at radius 3 is 2.90 bits per heavy atom. The average Bonchev–Trinajstić information content (AvgIpc) is 2.92. The normalized spacial score (nSPS) is 10.2. The molecule has 0 bridgehead atoms. The van der Waals surface area contributed by atoms with Crippen molar-refractivity contribution in [1.29, 1.82) is 0 Å². The maximum Gasteiger partial charge on any atom is 0.329 e. The molecule has 0 aliphatic rings. The minimum absolute atomic E-state index is 0.332. The summed E-state index contributed by atoms with van der Waals surface area (Å²) < 4.78 is 6.12. The van der Waals surface area contributed by atoms with Crippen molar-refractivity contribution in [3.63, 3.8) is 0 Å². The van der Waals surface area contributed by atoms with E-state index >= 15 is 0 Å². The predicted molar refractivity (Wildman–Crippen MR) is 66.2 cm³/mol. The topological polar surface area (TPSA) is 119 Å². The smallest absolute Gasteiger partial charge is 0.329 e. The molecule has 2 rings (SSSR count). The Kier molecular flexibility index (Phi) is 4.35. The summed E-state index contributed by atoms with van der Waals surface area (Å²) in [5, 5.41) is 21.7. The Bertz CT molecular complexity index is 599. The number of aromatic nitrogens is 4. The van der Waals surface area contributed by atoms with E-state index in [2.05, 4.69) is 25.6 Å². The summed E-state index contributed by atoms with van der Waals surface area (Å²) >= 11 is 0. The molecule has 0 saturated heterocycles. The van der Waals surface area contributed by atoms with Gasteiger partial charge in [-0.2, -0.15) is 0 Å². The first-order valence-corrected chi connectivity index (χ1v) is 5.58. The van der Waals surface area contributed by atoms with Gasteiger partial charge < -0.3 is 15.2 Å². The van der Waals surface area contributed by atoms with Crippen LogP contribution in [-0.4, -0.2) is 50.4 Å². The van der Waals surface area contributed by atoms with Gasteiger partial charge in [-0.15, -0.1) is 5.10 Å². The molecule has 0 atom stereocenters. The highest BCUT2D eigenvalue weighted by atomic mass is 16.5. The zero-order valence-corrected chi connectivity index (χ0v) is 10.3. The third-order valence-electron chi connectivity index (χ3n) is 2.20. The maximum absolute atomic E-state index is 11.5. The van der Waals surface area contributed by atoms with E-state index in [1.807, 2.05) is 0 Å². The van der Waals surface area contributed by atoms with Gasteiger partial charge in [0.25, 0.3) is 0 Å². The lowest BCUT2D eigenvalue weighted by molar-refractivity contribution is -0.143. The molecule has 9 heteroatoms. The highest BCUT2D eigenvalue weighted by Crippen LogP contribution is 2.13. The fraction of sp³-hybridized carbons (Fsp3) is 0.182. The molecule has 0 aliphatic carbocycles. The molecule has 2 aromatic rings. The molecule has 0 spiro atoms. The molecule has 1 aromatic heterocycles. The van der Waals surface area contributed by atoms with Crippen LogP contribution in [0.1, 0.15) is 0 Å². The second-order valence-corrected chi connectivity index (χ2v) is 3.74. The molecular formula is C11H11N5O4. The highest BCUT2D eigenvalue weighted by Gasteiger charge is 2.06. The van der Waals surface area contributed by atoms with Crippen molar-refractivity contribution < 1.29 is 19.4 Å². The summed E-state index contributed by atoms with van der Waals surface area (Å²) in [5.74, 6) is -1.57. The number of anilines is 1. The van der Waals surface area contributed by atoms with E-state index in [9.17, 15) is 9.59 Å². The first-order chi connectivity index (χ1) is 9.65. The fourth-order valence-corrected chi connectivity index (χ4v) is 1.43. The number of rotatable bonds is 6. The number of amides is 1. The second-order valence-electron chi connectivity index (χ2n) is 3.74. The van der Waals surface area contributed by atoms with E-state index in [0.717, 1.165) is 0 Å². The maximum atomic E-state index is 11.5. The van der Waals surface area contributed by atoms with Gasteiger partial charge in [-0.25, -0.2) is 9.48 Å². The molecule has 1 aromatic carbocycles. The summed E-state index contributed by atoms with van der Waals surface area (Å²) in [6.45, 7) is -0.848. The third-order valence-corrected chi connectivity index (χ3v) is 2.20. The van der Waals surface area contributed by atoms with Crippen LogP contribution in [0.3, 0.4) is 0 Å². The third kappa shape index (κ3) is 3.85. The van der Waals surface area contributed by atoms with Gasteiger partial charge in [0.1, 0.15) is 19.5 Å². The van der Waals surface area contributed by atoms with Gasteiger partial charge in [0.15, 0.2) is 0 Å². The number of hydrogen-bond donors (Lipinski definition) is 2.